The highest BCUT2D eigenvalue weighted by atomic mass is 16.2. The molecule has 4 rings (SSSR count). The van der Waals surface area contributed by atoms with Crippen molar-refractivity contribution in [2.45, 2.75) is 38.5 Å². The lowest BCUT2D eigenvalue weighted by atomic mass is 10.0. The minimum atomic E-state index is -0.583. The second-order valence-corrected chi connectivity index (χ2v) is 7.15. The van der Waals surface area contributed by atoms with E-state index in [1.807, 2.05) is 42.5 Å². The molecular weight excluding hydrogens is 356 g/mol. The van der Waals surface area contributed by atoms with E-state index in [0.29, 0.717) is 31.6 Å². The highest BCUT2D eigenvalue weighted by Crippen LogP contribution is 2.28. The second-order valence-electron chi connectivity index (χ2n) is 7.15. The molecule has 0 spiro atoms. The van der Waals surface area contributed by atoms with Crippen LogP contribution in [-0.2, 0) is 29.2 Å². The quantitative estimate of drug-likeness (QED) is 0.684. The Morgan fingerprint density at radius 1 is 1.07 bits per heavy atom. The summed E-state index contributed by atoms with van der Waals surface area (Å²) >= 11 is 0. The number of amides is 3. The molecule has 1 fully saturated rings. The van der Waals surface area contributed by atoms with E-state index in [2.05, 4.69) is 10.6 Å². The highest BCUT2D eigenvalue weighted by Gasteiger charge is 2.39. The number of carbonyl (C=O) groups is 3. The van der Waals surface area contributed by atoms with Crippen molar-refractivity contribution < 1.29 is 14.4 Å². The van der Waals surface area contributed by atoms with Gasteiger partial charge in [-0.2, -0.15) is 0 Å². The van der Waals surface area contributed by atoms with E-state index in [4.69, 9.17) is 5.73 Å². The number of anilines is 1. The molecule has 2 aromatic carbocycles. The molecule has 7 heteroatoms. The Hall–Kier alpha value is -3.19. The van der Waals surface area contributed by atoms with Gasteiger partial charge in [-0.25, -0.2) is 0 Å². The number of carbonyl (C=O) groups excluding carboxylic acids is 3. The molecule has 2 aromatic rings. The molecule has 28 heavy (non-hydrogen) atoms. The summed E-state index contributed by atoms with van der Waals surface area (Å²) in [6.45, 7) is 1.49. The zero-order valence-electron chi connectivity index (χ0n) is 15.4. The van der Waals surface area contributed by atoms with Gasteiger partial charge in [0.05, 0.1) is 0 Å². The lowest BCUT2D eigenvalue weighted by Crippen LogP contribution is -2.52. The third-order valence-electron chi connectivity index (χ3n) is 5.28. The highest BCUT2D eigenvalue weighted by molar-refractivity contribution is 6.05. The van der Waals surface area contributed by atoms with Gasteiger partial charge >= 0.3 is 0 Å². The normalized spacial score (nSPS) is 18.8. The van der Waals surface area contributed by atoms with Crippen LogP contribution in [0.15, 0.2) is 42.5 Å². The van der Waals surface area contributed by atoms with Crippen LogP contribution < -0.4 is 16.4 Å². The smallest absolute Gasteiger partial charge is 0.255 e. The van der Waals surface area contributed by atoms with Crippen molar-refractivity contribution in [1.29, 1.82) is 0 Å². The maximum Gasteiger partial charge on any atom is 0.255 e. The molecule has 3 amide bonds. The molecule has 0 aromatic heterocycles. The lowest BCUT2D eigenvalue weighted by molar-refractivity contribution is -0.136. The van der Waals surface area contributed by atoms with Crippen molar-refractivity contribution in [3.63, 3.8) is 0 Å². The lowest BCUT2D eigenvalue weighted by Gasteiger charge is -2.29. The maximum absolute atomic E-state index is 12.8. The number of nitrogens with zero attached hydrogens (tertiary/aromatic N) is 1. The van der Waals surface area contributed by atoms with Gasteiger partial charge in [-0.15, -0.1) is 0 Å². The number of hydrogen-bond donors (Lipinski definition) is 3. The average Bonchev–Trinajstić information content (AvgIpc) is 3.03. The molecule has 144 valence electrons. The first-order valence-corrected chi connectivity index (χ1v) is 9.34. The zero-order chi connectivity index (χ0) is 19.7. The Bertz CT molecular complexity index is 939. The first-order valence-electron chi connectivity index (χ1n) is 9.34. The predicted molar refractivity (Wildman–Crippen MR) is 104 cm³/mol. The Labute approximate surface area is 162 Å². The fourth-order valence-corrected chi connectivity index (χ4v) is 3.67. The summed E-state index contributed by atoms with van der Waals surface area (Å²) in [5, 5.41) is 5.66. The molecule has 0 aliphatic carbocycles. The summed E-state index contributed by atoms with van der Waals surface area (Å²) in [7, 11) is 0. The van der Waals surface area contributed by atoms with Gasteiger partial charge in [0.25, 0.3) is 5.91 Å². The molecule has 1 atom stereocenters. The molecule has 2 aliphatic rings. The average molecular weight is 378 g/mol. The van der Waals surface area contributed by atoms with Gasteiger partial charge in [0.15, 0.2) is 0 Å². The van der Waals surface area contributed by atoms with E-state index < -0.39 is 6.04 Å². The van der Waals surface area contributed by atoms with E-state index in [1.54, 1.807) is 4.90 Å². The van der Waals surface area contributed by atoms with Crippen LogP contribution in [0.2, 0.25) is 0 Å². The Kier molecular flexibility index (Phi) is 4.83. The number of nitrogens with one attached hydrogen (secondary N) is 2. The summed E-state index contributed by atoms with van der Waals surface area (Å²) in [5.41, 5.74) is 10.2. The molecule has 1 unspecified atom stereocenters. The molecule has 4 N–H and O–H groups in total. The third-order valence-corrected chi connectivity index (χ3v) is 5.28. The van der Waals surface area contributed by atoms with Crippen molar-refractivity contribution in [1.82, 2.24) is 10.2 Å². The number of hydrogen-bond acceptors (Lipinski definition) is 5. The van der Waals surface area contributed by atoms with Gasteiger partial charge in [0.2, 0.25) is 11.8 Å². The summed E-state index contributed by atoms with van der Waals surface area (Å²) in [6, 6.07) is 13.1. The maximum atomic E-state index is 12.8. The predicted octanol–water partition coefficient (Wildman–Crippen LogP) is 1.52. The van der Waals surface area contributed by atoms with Crippen LogP contribution >= 0.6 is 0 Å². The third kappa shape index (κ3) is 3.48. The number of rotatable bonds is 5. The second kappa shape index (κ2) is 7.44. The summed E-state index contributed by atoms with van der Waals surface area (Å²) in [6.07, 6.45) is 0.631. The standard InChI is InChI=1S/C21H22N4O3/c22-10-13-2-5-16(6-3-13)23-11-14-1-4-15-12-25(21(28)17(15)9-14)18-7-8-19(26)24-20(18)27/h1-6,9,18,23H,7-8,10-12,22H2,(H,24,26,27). The molecule has 2 aliphatic heterocycles. The first-order chi connectivity index (χ1) is 13.5. The Morgan fingerprint density at radius 3 is 2.54 bits per heavy atom. The van der Waals surface area contributed by atoms with Crippen LogP contribution in [0.3, 0.4) is 0 Å². The number of imide groups is 1. The largest absolute Gasteiger partial charge is 0.381 e. The number of nitrogens with two attached hydrogens (primary N) is 1. The van der Waals surface area contributed by atoms with Crippen LogP contribution in [0.1, 0.15) is 39.9 Å². The van der Waals surface area contributed by atoms with E-state index in [0.717, 1.165) is 22.4 Å². The summed E-state index contributed by atoms with van der Waals surface area (Å²) in [5.74, 6) is -0.822. The minimum Gasteiger partial charge on any atom is -0.381 e. The molecule has 0 bridgehead atoms. The van der Waals surface area contributed by atoms with Gasteiger partial charge in [-0.1, -0.05) is 24.3 Å². The van der Waals surface area contributed by atoms with Crippen LogP contribution in [0.4, 0.5) is 5.69 Å². The molecular formula is C21H22N4O3. The van der Waals surface area contributed by atoms with E-state index in [-0.39, 0.29) is 24.1 Å². The fraction of sp³-hybridized carbons (Fsp3) is 0.286. The van der Waals surface area contributed by atoms with Gasteiger partial charge in [-0.3, -0.25) is 19.7 Å². The van der Waals surface area contributed by atoms with Gasteiger partial charge in [0.1, 0.15) is 6.04 Å². The molecule has 1 saturated heterocycles. The Balaban J connectivity index is 1.45. The molecule has 7 nitrogen and oxygen atoms in total. The van der Waals surface area contributed by atoms with E-state index >= 15 is 0 Å². The Morgan fingerprint density at radius 2 is 1.82 bits per heavy atom. The van der Waals surface area contributed by atoms with Crippen molar-refractivity contribution >= 4 is 23.4 Å². The minimum absolute atomic E-state index is 0.154. The van der Waals surface area contributed by atoms with Crippen LogP contribution in [0.5, 0.6) is 0 Å². The SMILES string of the molecule is NCc1ccc(NCc2ccc3c(c2)C(=O)N(C2CCC(=O)NC2=O)C3)cc1. The van der Waals surface area contributed by atoms with Gasteiger partial charge in [-0.05, 0) is 41.3 Å². The van der Waals surface area contributed by atoms with Crippen molar-refractivity contribution in [2.75, 3.05) is 5.32 Å². The number of fused-ring (bicyclic) bond motifs is 1. The van der Waals surface area contributed by atoms with Crippen LogP contribution in [0.25, 0.3) is 0 Å². The molecule has 0 saturated carbocycles. The van der Waals surface area contributed by atoms with E-state index in [1.165, 1.54) is 0 Å². The molecule has 0 radical (unpaired) electrons. The van der Waals surface area contributed by atoms with Gasteiger partial charge in [0, 0.05) is 37.3 Å². The van der Waals surface area contributed by atoms with E-state index in [9.17, 15) is 14.4 Å². The fourth-order valence-electron chi connectivity index (χ4n) is 3.67. The number of benzene rings is 2. The topological polar surface area (TPSA) is 105 Å². The van der Waals surface area contributed by atoms with Gasteiger partial charge < -0.3 is 16.0 Å². The molecule has 2 heterocycles. The monoisotopic (exact) mass is 378 g/mol. The van der Waals surface area contributed by atoms with Crippen LogP contribution in [0, 0.1) is 0 Å². The first kappa shape index (κ1) is 18.2. The van der Waals surface area contributed by atoms with Crippen molar-refractivity contribution in [2.24, 2.45) is 5.73 Å². The zero-order valence-corrected chi connectivity index (χ0v) is 15.4. The van der Waals surface area contributed by atoms with Crippen LogP contribution in [-0.4, -0.2) is 28.7 Å². The van der Waals surface area contributed by atoms with Crippen molar-refractivity contribution in [3.8, 4) is 0 Å². The summed E-state index contributed by atoms with van der Waals surface area (Å²) < 4.78 is 0. The number of piperidine rings is 1. The summed E-state index contributed by atoms with van der Waals surface area (Å²) in [4.78, 5) is 37.9. The van der Waals surface area contributed by atoms with Crippen molar-refractivity contribution in [3.05, 3.63) is 64.7 Å².